The van der Waals surface area contributed by atoms with Crippen LogP contribution in [0.1, 0.15) is 49.0 Å². The van der Waals surface area contributed by atoms with Gasteiger partial charge in [0, 0.05) is 43.6 Å². The summed E-state index contributed by atoms with van der Waals surface area (Å²) < 4.78 is 29.2. The number of likely N-dealkylation sites (N-methyl/N-ethyl adjacent to an activating group) is 1. The Kier molecular flexibility index (Phi) is 5.98. The molecule has 218 valence electrons. The summed E-state index contributed by atoms with van der Waals surface area (Å²) in [6.45, 7) is 3.70. The van der Waals surface area contributed by atoms with Crippen molar-refractivity contribution >= 4 is 17.6 Å². The van der Waals surface area contributed by atoms with Gasteiger partial charge in [0.05, 0.1) is 38.3 Å². The van der Waals surface area contributed by atoms with Gasteiger partial charge in [-0.15, -0.1) is 0 Å². The molecule has 9 heteroatoms. The number of piperidine rings is 4. The van der Waals surface area contributed by atoms with Gasteiger partial charge in [-0.3, -0.25) is 9.69 Å². The Labute approximate surface area is 240 Å². The van der Waals surface area contributed by atoms with E-state index in [1.165, 1.54) is 39.5 Å². The van der Waals surface area contributed by atoms with E-state index in [0.29, 0.717) is 22.8 Å². The highest BCUT2D eigenvalue weighted by molar-refractivity contribution is 5.91. The fourth-order valence-electron chi connectivity index (χ4n) is 9.70. The number of hydrogen-bond donors (Lipinski definition) is 0. The van der Waals surface area contributed by atoms with Gasteiger partial charge >= 0.3 is 11.9 Å². The highest BCUT2D eigenvalue weighted by Crippen LogP contribution is 2.70. The second-order valence-corrected chi connectivity index (χ2v) is 12.2. The molecule has 0 amide bonds. The van der Waals surface area contributed by atoms with Crippen LogP contribution >= 0.6 is 0 Å². The number of hydrogen-bond acceptors (Lipinski definition) is 9. The first kappa shape index (κ1) is 26.4. The SMILES string of the molecule is CCC1C2CC3C4N(C)c5ccccc5C45CC(C2C5OC(C)=O)N3C1OC(=O)c1cc(OC)c(OC)c(OC)c1. The summed E-state index contributed by atoms with van der Waals surface area (Å²) in [5, 5.41) is 0. The van der Waals surface area contributed by atoms with E-state index in [2.05, 4.69) is 48.0 Å². The van der Waals surface area contributed by atoms with Crippen LogP contribution < -0.4 is 19.1 Å². The molecule has 10 atom stereocenters. The Bertz CT molecular complexity index is 1390. The van der Waals surface area contributed by atoms with Crippen LogP contribution in [0.5, 0.6) is 17.2 Å². The molecule has 4 saturated heterocycles. The van der Waals surface area contributed by atoms with E-state index in [0.717, 1.165) is 19.3 Å². The Morgan fingerprint density at radius 1 is 1.00 bits per heavy atom. The highest BCUT2D eigenvalue weighted by atomic mass is 16.6. The predicted molar refractivity (Wildman–Crippen MR) is 151 cm³/mol. The average molecular weight is 563 g/mol. The molecule has 0 N–H and O–H groups in total. The molecule has 1 spiro atoms. The standard InChI is InChI=1S/C32H38N2O7/c1-7-18-19-14-22-28-32(20-10-8-9-11-21(20)33(28)3)15-23(26(19)29(32)40-16(2)35)34(22)30(18)41-31(36)17-12-24(37-4)27(39-6)25(13-17)38-5/h8-13,18-19,22-23,26,28-30H,7,14-15H2,1-6H3. The van der Waals surface area contributed by atoms with Crippen LogP contribution in [0.4, 0.5) is 5.69 Å². The number of rotatable bonds is 7. The normalized spacial score (nSPS) is 36.9. The average Bonchev–Trinajstić information content (AvgIpc) is 3.38. The minimum Gasteiger partial charge on any atom is -0.493 e. The summed E-state index contributed by atoms with van der Waals surface area (Å²) in [6.07, 6.45) is 2.16. The van der Waals surface area contributed by atoms with Crippen LogP contribution in [0.3, 0.4) is 0 Å². The minimum absolute atomic E-state index is 0.121. The molecule has 41 heavy (non-hydrogen) atoms. The van der Waals surface area contributed by atoms with Crippen LogP contribution in [0.2, 0.25) is 0 Å². The highest BCUT2D eigenvalue weighted by Gasteiger charge is 2.78. The number of ether oxygens (including phenoxy) is 5. The molecular weight excluding hydrogens is 524 g/mol. The van der Waals surface area contributed by atoms with Crippen LogP contribution in [0, 0.1) is 17.8 Å². The van der Waals surface area contributed by atoms with Gasteiger partial charge in [0.15, 0.2) is 17.7 Å². The first-order valence-corrected chi connectivity index (χ1v) is 14.6. The molecular formula is C32H38N2O7. The Morgan fingerprint density at radius 3 is 2.34 bits per heavy atom. The molecule has 5 aliphatic heterocycles. The van der Waals surface area contributed by atoms with Crippen molar-refractivity contribution in [2.75, 3.05) is 33.3 Å². The molecule has 0 aromatic heterocycles. The van der Waals surface area contributed by atoms with E-state index < -0.39 is 5.97 Å². The Balaban J connectivity index is 1.29. The van der Waals surface area contributed by atoms with Crippen LogP contribution in [-0.2, 0) is 19.7 Å². The summed E-state index contributed by atoms with van der Waals surface area (Å²) in [7, 11) is 6.76. The van der Waals surface area contributed by atoms with E-state index in [-0.39, 0.29) is 59.6 Å². The van der Waals surface area contributed by atoms with Gasteiger partial charge in [0.2, 0.25) is 5.75 Å². The summed E-state index contributed by atoms with van der Waals surface area (Å²) in [4.78, 5) is 31.3. The molecule has 1 aliphatic carbocycles. The van der Waals surface area contributed by atoms with E-state index >= 15 is 0 Å². The number of benzene rings is 2. The van der Waals surface area contributed by atoms with Crippen molar-refractivity contribution < 1.29 is 33.3 Å². The molecule has 5 fully saturated rings. The van der Waals surface area contributed by atoms with Crippen LogP contribution in [0.15, 0.2) is 36.4 Å². The van der Waals surface area contributed by atoms with Gasteiger partial charge in [0.25, 0.3) is 0 Å². The maximum Gasteiger partial charge on any atom is 0.339 e. The number of anilines is 1. The number of methoxy groups -OCH3 is 3. The molecule has 5 bridgehead atoms. The zero-order valence-electron chi connectivity index (χ0n) is 24.5. The van der Waals surface area contributed by atoms with E-state index in [1.807, 2.05) is 0 Å². The molecule has 10 unspecified atom stereocenters. The molecule has 6 aliphatic rings. The van der Waals surface area contributed by atoms with Gasteiger partial charge in [-0.1, -0.05) is 25.1 Å². The van der Waals surface area contributed by atoms with Gasteiger partial charge in [-0.05, 0) is 48.9 Å². The number of carbonyl (C=O) groups is 2. The largest absolute Gasteiger partial charge is 0.493 e. The maximum atomic E-state index is 13.8. The molecule has 8 rings (SSSR count). The second kappa shape index (κ2) is 9.28. The zero-order chi connectivity index (χ0) is 28.8. The smallest absolute Gasteiger partial charge is 0.339 e. The lowest BCUT2D eigenvalue weighted by molar-refractivity contribution is -0.213. The van der Waals surface area contributed by atoms with Gasteiger partial charge < -0.3 is 28.6 Å². The first-order valence-electron chi connectivity index (χ1n) is 14.6. The van der Waals surface area contributed by atoms with Crippen molar-refractivity contribution in [3.8, 4) is 17.2 Å². The Morgan fingerprint density at radius 2 is 1.71 bits per heavy atom. The van der Waals surface area contributed by atoms with Crippen molar-refractivity contribution in [2.45, 2.75) is 69.0 Å². The van der Waals surface area contributed by atoms with Crippen molar-refractivity contribution in [1.29, 1.82) is 0 Å². The van der Waals surface area contributed by atoms with Gasteiger partial charge in [0.1, 0.15) is 6.10 Å². The third-order valence-corrected chi connectivity index (χ3v) is 10.8. The van der Waals surface area contributed by atoms with Gasteiger partial charge in [-0.25, -0.2) is 4.79 Å². The summed E-state index contributed by atoms with van der Waals surface area (Å²) in [6, 6.07) is 12.3. The summed E-state index contributed by atoms with van der Waals surface area (Å²) in [5.41, 5.74) is 2.58. The number of esters is 2. The molecule has 0 radical (unpaired) electrons. The summed E-state index contributed by atoms with van der Waals surface area (Å²) >= 11 is 0. The molecule has 9 nitrogen and oxygen atoms in total. The quantitative estimate of drug-likeness (QED) is 0.465. The molecule has 2 aromatic carbocycles. The predicted octanol–water partition coefficient (Wildman–Crippen LogP) is 4.02. The molecule has 2 aromatic rings. The fourth-order valence-corrected chi connectivity index (χ4v) is 9.70. The second-order valence-electron chi connectivity index (χ2n) is 12.2. The third-order valence-electron chi connectivity index (χ3n) is 10.8. The minimum atomic E-state index is -0.417. The lowest BCUT2D eigenvalue weighted by Crippen LogP contribution is -2.73. The van der Waals surface area contributed by atoms with Crippen molar-refractivity contribution in [2.24, 2.45) is 17.8 Å². The van der Waals surface area contributed by atoms with E-state index in [4.69, 9.17) is 23.7 Å². The maximum absolute atomic E-state index is 13.8. The Hall–Kier alpha value is -3.46. The van der Waals surface area contributed by atoms with Gasteiger partial charge in [-0.2, -0.15) is 0 Å². The third kappa shape index (κ3) is 3.32. The molecule has 5 heterocycles. The summed E-state index contributed by atoms with van der Waals surface area (Å²) in [5.74, 6) is 1.21. The topological polar surface area (TPSA) is 86.8 Å². The van der Waals surface area contributed by atoms with Crippen LogP contribution in [0.25, 0.3) is 0 Å². The number of carbonyl (C=O) groups excluding carboxylic acids is 2. The monoisotopic (exact) mass is 562 g/mol. The lowest BCUT2D eigenvalue weighted by atomic mass is 9.62. The fraction of sp³-hybridized carbons (Fsp3) is 0.562. The van der Waals surface area contributed by atoms with Crippen molar-refractivity contribution in [3.63, 3.8) is 0 Å². The first-order chi connectivity index (χ1) is 19.8. The van der Waals surface area contributed by atoms with E-state index in [9.17, 15) is 9.59 Å². The number of para-hydroxylation sites is 1. The van der Waals surface area contributed by atoms with Crippen molar-refractivity contribution in [1.82, 2.24) is 4.90 Å². The number of fused-ring (bicyclic) bond motifs is 2. The van der Waals surface area contributed by atoms with Crippen LogP contribution in [-0.4, -0.2) is 75.7 Å². The molecule has 1 saturated carbocycles. The zero-order valence-corrected chi connectivity index (χ0v) is 24.5. The van der Waals surface area contributed by atoms with Crippen molar-refractivity contribution in [3.05, 3.63) is 47.5 Å². The van der Waals surface area contributed by atoms with E-state index in [1.54, 1.807) is 12.1 Å². The lowest BCUT2D eigenvalue weighted by Gasteiger charge is -2.62. The number of nitrogens with zero attached hydrogens (tertiary/aromatic N) is 2.